The van der Waals surface area contributed by atoms with Crippen molar-refractivity contribution in [3.05, 3.63) is 65.0 Å². The molecule has 0 amide bonds. The Hall–Kier alpha value is -1.91. The maximum atomic E-state index is 13.4. The fraction of sp³-hybridized carbons (Fsp3) is 0.294. The minimum atomic E-state index is -0.216. The Morgan fingerprint density at radius 2 is 1.81 bits per heavy atom. The molecule has 0 spiro atoms. The van der Waals surface area contributed by atoms with Crippen molar-refractivity contribution in [3.8, 4) is 5.75 Å². The van der Waals surface area contributed by atoms with Crippen LogP contribution in [0.3, 0.4) is 0 Å². The van der Waals surface area contributed by atoms with Gasteiger partial charge in [-0.15, -0.1) is 0 Å². The molecule has 3 N–H and O–H groups in total. The van der Waals surface area contributed by atoms with E-state index in [9.17, 15) is 4.39 Å². The Kier molecular flexibility index (Phi) is 4.94. The van der Waals surface area contributed by atoms with Crippen molar-refractivity contribution in [2.75, 3.05) is 0 Å². The second kappa shape index (κ2) is 6.70. The van der Waals surface area contributed by atoms with E-state index in [0.29, 0.717) is 5.56 Å². The summed E-state index contributed by atoms with van der Waals surface area (Å²) in [7, 11) is 0. The Labute approximate surface area is 124 Å². The summed E-state index contributed by atoms with van der Waals surface area (Å²) in [6, 6.07) is 12.5. The molecule has 2 rings (SSSR count). The molecule has 0 heterocycles. The van der Waals surface area contributed by atoms with E-state index >= 15 is 0 Å². The summed E-state index contributed by atoms with van der Waals surface area (Å²) in [5.74, 6) is 6.27. The van der Waals surface area contributed by atoms with Gasteiger partial charge in [0.1, 0.15) is 11.6 Å². The zero-order valence-electron chi connectivity index (χ0n) is 12.6. The largest absolute Gasteiger partial charge is 0.491 e. The first kappa shape index (κ1) is 15.5. The van der Waals surface area contributed by atoms with Crippen LogP contribution in [0.15, 0.2) is 42.5 Å². The molecule has 0 aliphatic rings. The van der Waals surface area contributed by atoms with Crippen molar-refractivity contribution in [1.82, 2.24) is 5.43 Å². The molecular formula is C17H21FN2O. The normalized spacial score (nSPS) is 12.5. The molecule has 0 fully saturated rings. The van der Waals surface area contributed by atoms with Crippen LogP contribution in [0.5, 0.6) is 5.75 Å². The summed E-state index contributed by atoms with van der Waals surface area (Å²) >= 11 is 0. The highest BCUT2D eigenvalue weighted by Crippen LogP contribution is 2.26. The van der Waals surface area contributed by atoms with Crippen LogP contribution >= 0.6 is 0 Å². The smallest absolute Gasteiger partial charge is 0.126 e. The number of nitrogens with two attached hydrogens (primary N) is 1. The van der Waals surface area contributed by atoms with Crippen LogP contribution in [-0.2, 0) is 0 Å². The van der Waals surface area contributed by atoms with Crippen molar-refractivity contribution in [2.45, 2.75) is 32.9 Å². The molecule has 0 radical (unpaired) electrons. The third-order valence-corrected chi connectivity index (χ3v) is 3.25. The zero-order valence-corrected chi connectivity index (χ0v) is 12.6. The highest BCUT2D eigenvalue weighted by Gasteiger charge is 2.14. The number of hydrazine groups is 1. The second-order valence-electron chi connectivity index (χ2n) is 5.35. The molecule has 21 heavy (non-hydrogen) atoms. The summed E-state index contributed by atoms with van der Waals surface area (Å²) in [5.41, 5.74) is 5.27. The molecule has 1 atom stereocenters. The molecule has 0 saturated carbocycles. The van der Waals surface area contributed by atoms with Gasteiger partial charge < -0.3 is 4.74 Å². The summed E-state index contributed by atoms with van der Waals surface area (Å²) in [4.78, 5) is 0. The first-order valence-electron chi connectivity index (χ1n) is 7.00. The minimum absolute atomic E-state index is 0.109. The lowest BCUT2D eigenvalue weighted by atomic mass is 9.97. The van der Waals surface area contributed by atoms with Crippen molar-refractivity contribution < 1.29 is 9.13 Å². The molecule has 0 saturated heterocycles. The highest BCUT2D eigenvalue weighted by atomic mass is 19.1. The van der Waals surface area contributed by atoms with Crippen LogP contribution in [0.2, 0.25) is 0 Å². The fourth-order valence-electron chi connectivity index (χ4n) is 2.27. The average molecular weight is 288 g/mol. The van der Waals surface area contributed by atoms with Crippen LogP contribution in [0, 0.1) is 12.7 Å². The average Bonchev–Trinajstić information content (AvgIpc) is 2.43. The van der Waals surface area contributed by atoms with E-state index in [4.69, 9.17) is 10.6 Å². The topological polar surface area (TPSA) is 47.3 Å². The van der Waals surface area contributed by atoms with Crippen LogP contribution < -0.4 is 16.0 Å². The third-order valence-electron chi connectivity index (χ3n) is 3.25. The molecule has 4 heteroatoms. The third kappa shape index (κ3) is 3.80. The molecule has 2 aromatic carbocycles. The Morgan fingerprint density at radius 1 is 1.10 bits per heavy atom. The number of benzene rings is 2. The van der Waals surface area contributed by atoms with Gasteiger partial charge in [0.25, 0.3) is 0 Å². The zero-order chi connectivity index (χ0) is 15.4. The summed E-state index contributed by atoms with van der Waals surface area (Å²) in [6.07, 6.45) is 0.109. The van der Waals surface area contributed by atoms with Gasteiger partial charge in [0, 0.05) is 0 Å². The Bertz CT molecular complexity index is 613. The van der Waals surface area contributed by atoms with Gasteiger partial charge >= 0.3 is 0 Å². The molecule has 0 bridgehead atoms. The Morgan fingerprint density at radius 3 is 2.43 bits per heavy atom. The number of nitrogens with one attached hydrogen (secondary N) is 1. The monoisotopic (exact) mass is 288 g/mol. The van der Waals surface area contributed by atoms with Gasteiger partial charge in [-0.25, -0.2) is 9.82 Å². The van der Waals surface area contributed by atoms with Crippen LogP contribution in [0.1, 0.15) is 36.6 Å². The minimum Gasteiger partial charge on any atom is -0.491 e. The van der Waals surface area contributed by atoms with Crippen molar-refractivity contribution in [1.29, 1.82) is 0 Å². The van der Waals surface area contributed by atoms with E-state index < -0.39 is 0 Å². The lowest BCUT2D eigenvalue weighted by Crippen LogP contribution is -2.29. The van der Waals surface area contributed by atoms with Gasteiger partial charge in [0.15, 0.2) is 0 Å². The molecular weight excluding hydrogens is 267 g/mol. The fourth-order valence-corrected chi connectivity index (χ4v) is 2.27. The predicted molar refractivity (Wildman–Crippen MR) is 82.5 cm³/mol. The van der Waals surface area contributed by atoms with E-state index in [2.05, 4.69) is 5.43 Å². The number of ether oxygens (including phenoxy) is 1. The maximum absolute atomic E-state index is 13.4. The summed E-state index contributed by atoms with van der Waals surface area (Å²) in [6.45, 7) is 5.70. The molecule has 1 unspecified atom stereocenters. The number of hydrogen-bond donors (Lipinski definition) is 2. The lowest BCUT2D eigenvalue weighted by molar-refractivity contribution is 0.242. The van der Waals surface area contributed by atoms with E-state index in [1.807, 2.05) is 38.1 Å². The van der Waals surface area contributed by atoms with Crippen molar-refractivity contribution in [2.24, 2.45) is 5.84 Å². The van der Waals surface area contributed by atoms with Crippen LogP contribution in [-0.4, -0.2) is 6.10 Å². The molecule has 2 aromatic rings. The number of halogens is 1. The first-order valence-corrected chi connectivity index (χ1v) is 7.00. The standard InChI is InChI=1S/C17H21FN2O/c1-11(2)21-15-6-4-5-13(10-15)17(20-19)14-7-8-16(18)12(3)9-14/h4-11,17,20H,19H2,1-3H3. The quantitative estimate of drug-likeness (QED) is 0.654. The van der Waals surface area contributed by atoms with E-state index in [-0.39, 0.29) is 18.0 Å². The van der Waals surface area contributed by atoms with E-state index in [1.165, 1.54) is 6.07 Å². The highest BCUT2D eigenvalue weighted by molar-refractivity contribution is 5.38. The Balaban J connectivity index is 2.34. The van der Waals surface area contributed by atoms with Crippen LogP contribution in [0.25, 0.3) is 0 Å². The van der Waals surface area contributed by atoms with Gasteiger partial charge in [0.2, 0.25) is 0 Å². The maximum Gasteiger partial charge on any atom is 0.126 e. The molecule has 0 aliphatic carbocycles. The second-order valence-corrected chi connectivity index (χ2v) is 5.35. The first-order chi connectivity index (χ1) is 10.0. The number of aryl methyl sites for hydroxylation is 1. The molecule has 112 valence electrons. The van der Waals surface area contributed by atoms with Crippen molar-refractivity contribution >= 4 is 0 Å². The van der Waals surface area contributed by atoms with Gasteiger partial charge in [-0.1, -0.05) is 24.3 Å². The molecule has 3 nitrogen and oxygen atoms in total. The van der Waals surface area contributed by atoms with E-state index in [0.717, 1.165) is 16.9 Å². The lowest BCUT2D eigenvalue weighted by Gasteiger charge is -2.19. The number of rotatable bonds is 5. The summed E-state index contributed by atoms with van der Waals surface area (Å²) in [5, 5.41) is 0. The van der Waals surface area contributed by atoms with Gasteiger partial charge in [0.05, 0.1) is 12.1 Å². The molecule has 0 aliphatic heterocycles. The predicted octanol–water partition coefficient (Wildman–Crippen LogP) is 3.47. The number of hydrogen-bond acceptors (Lipinski definition) is 3. The van der Waals surface area contributed by atoms with Crippen LogP contribution in [0.4, 0.5) is 4.39 Å². The summed E-state index contributed by atoms with van der Waals surface area (Å²) < 4.78 is 19.1. The van der Waals surface area contributed by atoms with Gasteiger partial charge in [-0.3, -0.25) is 5.84 Å². The SMILES string of the molecule is Cc1cc(C(NN)c2cccc(OC(C)C)c2)ccc1F. The molecule has 0 aromatic heterocycles. The van der Waals surface area contributed by atoms with Gasteiger partial charge in [-0.2, -0.15) is 0 Å². The van der Waals surface area contributed by atoms with Crippen molar-refractivity contribution in [3.63, 3.8) is 0 Å². The van der Waals surface area contributed by atoms with Gasteiger partial charge in [-0.05, 0) is 55.7 Å². The van der Waals surface area contributed by atoms with E-state index in [1.54, 1.807) is 19.1 Å².